The van der Waals surface area contributed by atoms with Crippen LogP contribution in [0.4, 0.5) is 5.69 Å². The number of pyridine rings is 1. The second-order valence-corrected chi connectivity index (χ2v) is 4.44. The van der Waals surface area contributed by atoms with Gasteiger partial charge in [-0.3, -0.25) is 19.5 Å². The van der Waals surface area contributed by atoms with Gasteiger partial charge in [-0.1, -0.05) is 20.3 Å². The van der Waals surface area contributed by atoms with Crippen LogP contribution in [0.3, 0.4) is 0 Å². The molecule has 0 aromatic carbocycles. The zero-order valence-electron chi connectivity index (χ0n) is 11.1. The van der Waals surface area contributed by atoms with Crippen molar-refractivity contribution in [2.45, 2.75) is 26.3 Å². The predicted octanol–water partition coefficient (Wildman–Crippen LogP) is 0.873. The molecule has 0 aliphatic rings. The van der Waals surface area contributed by atoms with Crippen molar-refractivity contribution in [1.29, 1.82) is 0 Å². The van der Waals surface area contributed by atoms with Gasteiger partial charge in [-0.15, -0.1) is 0 Å². The second kappa shape index (κ2) is 6.84. The Balaban J connectivity index is 2.98. The Bertz CT molecular complexity index is 436. The number of aromatic nitrogens is 1. The molecular weight excluding hydrogens is 246 g/mol. The van der Waals surface area contributed by atoms with Crippen LogP contribution in [0.15, 0.2) is 24.5 Å². The molecular formula is C13H19N3O3. The lowest BCUT2D eigenvalue weighted by atomic mass is 9.98. The third kappa shape index (κ3) is 4.03. The molecule has 19 heavy (non-hydrogen) atoms. The summed E-state index contributed by atoms with van der Waals surface area (Å²) < 4.78 is 0. The molecule has 0 saturated heterocycles. The molecule has 6 nitrogen and oxygen atoms in total. The van der Waals surface area contributed by atoms with Crippen LogP contribution in [-0.4, -0.2) is 34.6 Å². The van der Waals surface area contributed by atoms with Crippen molar-refractivity contribution in [3.8, 4) is 0 Å². The molecule has 1 aromatic heterocycles. The van der Waals surface area contributed by atoms with Crippen LogP contribution in [0.2, 0.25) is 0 Å². The number of nitrogens with zero attached hydrogens (tertiary/aromatic N) is 2. The van der Waals surface area contributed by atoms with Gasteiger partial charge in [-0.2, -0.15) is 0 Å². The van der Waals surface area contributed by atoms with E-state index in [1.54, 1.807) is 18.3 Å². The summed E-state index contributed by atoms with van der Waals surface area (Å²) in [5, 5.41) is 8.92. The maximum absolute atomic E-state index is 12.3. The highest BCUT2D eigenvalue weighted by molar-refractivity contribution is 6.00. The highest BCUT2D eigenvalue weighted by atomic mass is 16.4. The van der Waals surface area contributed by atoms with E-state index in [0.717, 1.165) is 11.3 Å². The minimum atomic E-state index is -1.09. The fourth-order valence-corrected chi connectivity index (χ4v) is 1.62. The first-order valence-corrected chi connectivity index (χ1v) is 6.16. The van der Waals surface area contributed by atoms with E-state index < -0.39 is 24.5 Å². The molecule has 104 valence electrons. The molecule has 1 aromatic rings. The fraction of sp³-hybridized carbons (Fsp3) is 0.462. The quantitative estimate of drug-likeness (QED) is 0.795. The van der Waals surface area contributed by atoms with Gasteiger partial charge in [0.1, 0.15) is 6.54 Å². The Morgan fingerprint density at radius 1 is 1.53 bits per heavy atom. The van der Waals surface area contributed by atoms with Gasteiger partial charge in [0, 0.05) is 6.20 Å². The lowest BCUT2D eigenvalue weighted by Crippen LogP contribution is -2.49. The number of carbonyl (C=O) groups is 2. The van der Waals surface area contributed by atoms with Gasteiger partial charge in [0.15, 0.2) is 0 Å². The van der Waals surface area contributed by atoms with Crippen LogP contribution >= 0.6 is 0 Å². The average Bonchev–Trinajstić information content (AvgIpc) is 2.43. The Morgan fingerprint density at radius 3 is 2.68 bits per heavy atom. The van der Waals surface area contributed by atoms with Crippen LogP contribution in [0.25, 0.3) is 0 Å². The average molecular weight is 265 g/mol. The molecule has 1 rings (SSSR count). The zero-order chi connectivity index (χ0) is 14.4. The first-order chi connectivity index (χ1) is 8.97. The van der Waals surface area contributed by atoms with Crippen molar-refractivity contribution in [3.05, 3.63) is 24.5 Å². The van der Waals surface area contributed by atoms with Gasteiger partial charge >= 0.3 is 5.97 Å². The molecule has 0 radical (unpaired) electrons. The molecule has 1 unspecified atom stereocenters. The van der Waals surface area contributed by atoms with E-state index in [1.807, 2.05) is 13.8 Å². The highest BCUT2D eigenvalue weighted by Crippen LogP contribution is 2.16. The number of nitrogens with two attached hydrogens (primary N) is 1. The highest BCUT2D eigenvalue weighted by Gasteiger charge is 2.27. The van der Waals surface area contributed by atoms with Crippen molar-refractivity contribution in [1.82, 2.24) is 4.98 Å². The van der Waals surface area contributed by atoms with Crippen LogP contribution < -0.4 is 10.6 Å². The van der Waals surface area contributed by atoms with E-state index >= 15 is 0 Å². The largest absolute Gasteiger partial charge is 0.480 e. The summed E-state index contributed by atoms with van der Waals surface area (Å²) in [5.74, 6) is -1.50. The van der Waals surface area contributed by atoms with E-state index in [9.17, 15) is 9.59 Å². The van der Waals surface area contributed by atoms with Crippen LogP contribution in [-0.2, 0) is 9.59 Å². The summed E-state index contributed by atoms with van der Waals surface area (Å²) in [6.45, 7) is 3.38. The molecule has 0 aliphatic carbocycles. The van der Waals surface area contributed by atoms with Gasteiger partial charge in [0.25, 0.3) is 0 Å². The minimum absolute atomic E-state index is 0.0135. The predicted molar refractivity (Wildman–Crippen MR) is 71.7 cm³/mol. The summed E-state index contributed by atoms with van der Waals surface area (Å²) in [5.41, 5.74) is 6.32. The van der Waals surface area contributed by atoms with E-state index in [0.29, 0.717) is 5.69 Å². The van der Waals surface area contributed by atoms with Gasteiger partial charge in [-0.25, -0.2) is 0 Å². The van der Waals surface area contributed by atoms with Crippen LogP contribution in [0, 0.1) is 5.92 Å². The van der Waals surface area contributed by atoms with Crippen LogP contribution in [0.5, 0.6) is 0 Å². The number of carboxylic acid groups (broad SMARTS) is 1. The van der Waals surface area contributed by atoms with Crippen molar-refractivity contribution in [3.63, 3.8) is 0 Å². The smallest absolute Gasteiger partial charge is 0.323 e. The standard InChI is InChI=1S/C13H19N3O3/c1-3-9(2)12(14)13(19)16(8-11(17)18)10-5-4-6-15-7-10/h4-7,9,12H,3,8,14H2,1-2H3,(H,17,18)/t9?,12-/m0/s1. The van der Waals surface area contributed by atoms with Crippen molar-refractivity contribution in [2.75, 3.05) is 11.4 Å². The third-order valence-corrected chi connectivity index (χ3v) is 3.06. The van der Waals surface area contributed by atoms with E-state index in [1.165, 1.54) is 6.20 Å². The first kappa shape index (κ1) is 15.1. The molecule has 0 spiro atoms. The SMILES string of the molecule is CCC(C)[C@H](N)C(=O)N(CC(=O)O)c1cccnc1. The topological polar surface area (TPSA) is 96.5 Å². The van der Waals surface area contributed by atoms with E-state index in [-0.39, 0.29) is 5.92 Å². The lowest BCUT2D eigenvalue weighted by Gasteiger charge is -2.26. The summed E-state index contributed by atoms with van der Waals surface area (Å²) in [7, 11) is 0. The molecule has 3 N–H and O–H groups in total. The minimum Gasteiger partial charge on any atom is -0.480 e. The Kier molecular flexibility index (Phi) is 5.44. The van der Waals surface area contributed by atoms with Crippen molar-refractivity contribution >= 4 is 17.6 Å². The summed E-state index contributed by atoms with van der Waals surface area (Å²) in [6.07, 6.45) is 3.76. The van der Waals surface area contributed by atoms with E-state index in [4.69, 9.17) is 10.8 Å². The Labute approximate surface area is 112 Å². The number of carboxylic acids is 1. The lowest BCUT2D eigenvalue weighted by molar-refractivity contribution is -0.137. The van der Waals surface area contributed by atoms with Gasteiger partial charge < -0.3 is 10.8 Å². The summed E-state index contributed by atoms with van der Waals surface area (Å²) in [4.78, 5) is 28.2. The monoisotopic (exact) mass is 265 g/mol. The number of aliphatic carboxylic acids is 1. The zero-order valence-corrected chi connectivity index (χ0v) is 11.1. The molecule has 2 atom stereocenters. The number of rotatable bonds is 6. The number of anilines is 1. The molecule has 6 heteroatoms. The summed E-state index contributed by atoms with van der Waals surface area (Å²) >= 11 is 0. The Hall–Kier alpha value is -1.95. The number of hydrogen-bond donors (Lipinski definition) is 2. The van der Waals surface area contributed by atoms with Gasteiger partial charge in [-0.05, 0) is 18.1 Å². The Morgan fingerprint density at radius 2 is 2.21 bits per heavy atom. The second-order valence-electron chi connectivity index (χ2n) is 4.44. The van der Waals surface area contributed by atoms with Gasteiger partial charge in [0.05, 0.1) is 17.9 Å². The number of hydrogen-bond acceptors (Lipinski definition) is 4. The van der Waals surface area contributed by atoms with E-state index in [2.05, 4.69) is 4.98 Å². The molecule has 0 aliphatic heterocycles. The van der Waals surface area contributed by atoms with Crippen molar-refractivity contribution < 1.29 is 14.7 Å². The van der Waals surface area contributed by atoms with Crippen LogP contribution in [0.1, 0.15) is 20.3 Å². The molecule has 0 saturated carbocycles. The van der Waals surface area contributed by atoms with Gasteiger partial charge in [0.2, 0.25) is 5.91 Å². The normalized spacial score (nSPS) is 13.6. The molecule has 1 heterocycles. The summed E-state index contributed by atoms with van der Waals surface area (Å²) in [6, 6.07) is 2.56. The number of carbonyl (C=O) groups excluding carboxylic acids is 1. The van der Waals surface area contributed by atoms with Crippen molar-refractivity contribution in [2.24, 2.45) is 11.7 Å². The maximum Gasteiger partial charge on any atom is 0.323 e. The number of amides is 1. The third-order valence-electron chi connectivity index (χ3n) is 3.06. The first-order valence-electron chi connectivity index (χ1n) is 6.16. The molecule has 1 amide bonds. The molecule has 0 bridgehead atoms. The molecule has 0 fully saturated rings. The fourth-order valence-electron chi connectivity index (χ4n) is 1.62. The maximum atomic E-state index is 12.3.